The van der Waals surface area contributed by atoms with Gasteiger partial charge in [0.15, 0.2) is 0 Å². The van der Waals surface area contributed by atoms with Gasteiger partial charge in [0.05, 0.1) is 12.0 Å². The predicted molar refractivity (Wildman–Crippen MR) is 65.9 cm³/mol. The molecule has 0 aromatic rings. The molecule has 0 aliphatic heterocycles. The molecular weight excluding hydrogens is 230 g/mol. The van der Waals surface area contributed by atoms with E-state index >= 15 is 0 Å². The molecule has 0 radical (unpaired) electrons. The molecule has 3 rings (SSSR count). The zero-order chi connectivity index (χ0) is 12.8. The second kappa shape index (κ2) is 4.25. The highest BCUT2D eigenvalue weighted by Crippen LogP contribution is 2.57. The molecule has 1 amide bonds. The van der Waals surface area contributed by atoms with Crippen LogP contribution < -0.4 is 5.32 Å². The van der Waals surface area contributed by atoms with Gasteiger partial charge in [-0.1, -0.05) is 19.3 Å². The number of hydrogen-bond acceptors (Lipinski definition) is 2. The minimum absolute atomic E-state index is 0.0841. The summed E-state index contributed by atoms with van der Waals surface area (Å²) in [5.74, 6) is 0.743. The Morgan fingerprint density at radius 2 is 1.72 bits per heavy atom. The van der Waals surface area contributed by atoms with Crippen LogP contribution >= 0.6 is 0 Å². The summed E-state index contributed by atoms with van der Waals surface area (Å²) in [4.78, 5) is 23.2. The Hall–Kier alpha value is -1.06. The highest BCUT2D eigenvalue weighted by Gasteiger charge is 2.57. The summed E-state index contributed by atoms with van der Waals surface area (Å²) in [5, 5.41) is 12.1. The van der Waals surface area contributed by atoms with Crippen LogP contribution in [0.5, 0.6) is 0 Å². The van der Waals surface area contributed by atoms with Gasteiger partial charge in [-0.15, -0.1) is 0 Å². The van der Waals surface area contributed by atoms with Crippen LogP contribution in [0.15, 0.2) is 0 Å². The number of carbonyl (C=O) groups excluding carboxylic acids is 1. The molecule has 0 bridgehead atoms. The molecule has 0 aromatic heterocycles. The number of carboxylic acid groups (broad SMARTS) is 1. The van der Waals surface area contributed by atoms with Gasteiger partial charge in [-0.25, -0.2) is 0 Å². The number of amides is 1. The topological polar surface area (TPSA) is 66.4 Å². The second-order valence-corrected chi connectivity index (χ2v) is 6.33. The van der Waals surface area contributed by atoms with Gasteiger partial charge in [-0.05, 0) is 37.5 Å². The fourth-order valence-electron chi connectivity index (χ4n) is 4.24. The summed E-state index contributed by atoms with van der Waals surface area (Å²) < 4.78 is 0. The van der Waals surface area contributed by atoms with E-state index in [9.17, 15) is 9.59 Å². The maximum atomic E-state index is 12.3. The molecule has 3 saturated carbocycles. The van der Waals surface area contributed by atoms with Crippen molar-refractivity contribution in [1.82, 2.24) is 5.32 Å². The number of rotatable bonds is 4. The molecule has 4 heteroatoms. The number of carbonyl (C=O) groups is 2. The normalized spacial score (nSPS) is 36.1. The van der Waals surface area contributed by atoms with E-state index in [1.54, 1.807) is 0 Å². The molecule has 0 heterocycles. The van der Waals surface area contributed by atoms with E-state index in [0.29, 0.717) is 11.8 Å². The number of carboxylic acids is 1. The average molecular weight is 251 g/mol. The quantitative estimate of drug-likeness (QED) is 0.802. The summed E-state index contributed by atoms with van der Waals surface area (Å²) in [6.45, 7) is 0. The zero-order valence-electron chi connectivity index (χ0n) is 10.7. The Bertz CT molecular complexity index is 363. The number of aliphatic carboxylic acids is 1. The minimum atomic E-state index is -0.798. The molecule has 2 unspecified atom stereocenters. The predicted octanol–water partition coefficient (Wildman–Crippen LogP) is 1.94. The van der Waals surface area contributed by atoms with Gasteiger partial charge >= 0.3 is 5.97 Å². The third-order valence-electron chi connectivity index (χ3n) is 5.15. The van der Waals surface area contributed by atoms with E-state index in [0.717, 1.165) is 25.7 Å². The summed E-state index contributed by atoms with van der Waals surface area (Å²) in [6.07, 6.45) is 7.44. The molecule has 3 fully saturated rings. The van der Waals surface area contributed by atoms with Crippen LogP contribution in [0.25, 0.3) is 0 Å². The molecule has 100 valence electrons. The lowest BCUT2D eigenvalue weighted by Gasteiger charge is -2.29. The van der Waals surface area contributed by atoms with Crippen molar-refractivity contribution in [2.24, 2.45) is 17.8 Å². The largest absolute Gasteiger partial charge is 0.481 e. The van der Waals surface area contributed by atoms with E-state index < -0.39 is 11.5 Å². The first-order chi connectivity index (χ1) is 8.61. The Morgan fingerprint density at radius 1 is 1.11 bits per heavy atom. The van der Waals surface area contributed by atoms with E-state index in [4.69, 9.17) is 5.11 Å². The summed E-state index contributed by atoms with van der Waals surface area (Å²) >= 11 is 0. The Morgan fingerprint density at radius 3 is 2.28 bits per heavy atom. The SMILES string of the molecule is O=C(O)CC1(NC(=O)C2C3CCCC32)CCCC1. The molecule has 2 atom stereocenters. The van der Waals surface area contributed by atoms with Crippen molar-refractivity contribution in [2.75, 3.05) is 0 Å². The highest BCUT2D eigenvalue weighted by atomic mass is 16.4. The van der Waals surface area contributed by atoms with Crippen molar-refractivity contribution in [1.29, 1.82) is 0 Å². The van der Waals surface area contributed by atoms with Crippen LogP contribution in [0.3, 0.4) is 0 Å². The van der Waals surface area contributed by atoms with Gasteiger partial charge in [0.25, 0.3) is 0 Å². The molecule has 0 aromatic carbocycles. The fraction of sp³-hybridized carbons (Fsp3) is 0.857. The zero-order valence-corrected chi connectivity index (χ0v) is 10.7. The standard InChI is InChI=1S/C14H21NO3/c16-11(17)8-14(6-1-2-7-14)15-13(18)12-9-4-3-5-10(9)12/h9-10,12H,1-8H2,(H,15,18)(H,16,17). The van der Waals surface area contributed by atoms with Crippen molar-refractivity contribution in [3.63, 3.8) is 0 Å². The van der Waals surface area contributed by atoms with Gasteiger partial charge < -0.3 is 10.4 Å². The monoisotopic (exact) mass is 251 g/mol. The Balaban J connectivity index is 1.62. The molecular formula is C14H21NO3. The third-order valence-corrected chi connectivity index (χ3v) is 5.15. The summed E-state index contributed by atoms with van der Waals surface area (Å²) in [7, 11) is 0. The van der Waals surface area contributed by atoms with Crippen LogP contribution in [0, 0.1) is 17.8 Å². The third kappa shape index (κ3) is 2.02. The molecule has 0 spiro atoms. The van der Waals surface area contributed by atoms with Crippen molar-refractivity contribution in [3.8, 4) is 0 Å². The van der Waals surface area contributed by atoms with E-state index in [1.165, 1.54) is 19.3 Å². The minimum Gasteiger partial charge on any atom is -0.481 e. The Labute approximate surface area is 107 Å². The molecule has 18 heavy (non-hydrogen) atoms. The van der Waals surface area contributed by atoms with Crippen molar-refractivity contribution >= 4 is 11.9 Å². The van der Waals surface area contributed by atoms with E-state index in [1.807, 2.05) is 0 Å². The van der Waals surface area contributed by atoms with Gasteiger partial charge in [-0.3, -0.25) is 9.59 Å². The number of nitrogens with one attached hydrogen (secondary N) is 1. The maximum absolute atomic E-state index is 12.3. The lowest BCUT2D eigenvalue weighted by Crippen LogP contribution is -2.48. The van der Waals surface area contributed by atoms with Gasteiger partial charge in [-0.2, -0.15) is 0 Å². The molecule has 3 aliphatic rings. The highest BCUT2D eigenvalue weighted by molar-refractivity contribution is 5.84. The lowest BCUT2D eigenvalue weighted by atomic mass is 9.92. The number of hydrogen-bond donors (Lipinski definition) is 2. The lowest BCUT2D eigenvalue weighted by molar-refractivity contribution is -0.139. The first-order valence-electron chi connectivity index (χ1n) is 7.15. The van der Waals surface area contributed by atoms with Crippen LogP contribution in [0.4, 0.5) is 0 Å². The average Bonchev–Trinajstić information content (AvgIpc) is 2.67. The van der Waals surface area contributed by atoms with Crippen molar-refractivity contribution in [2.45, 2.75) is 56.9 Å². The smallest absolute Gasteiger partial charge is 0.305 e. The number of fused-ring (bicyclic) bond motifs is 1. The first kappa shape index (κ1) is 12.0. The van der Waals surface area contributed by atoms with Gasteiger partial charge in [0.2, 0.25) is 5.91 Å². The molecule has 4 nitrogen and oxygen atoms in total. The second-order valence-electron chi connectivity index (χ2n) is 6.33. The first-order valence-corrected chi connectivity index (χ1v) is 7.15. The van der Waals surface area contributed by atoms with Crippen molar-refractivity contribution < 1.29 is 14.7 Å². The summed E-state index contributed by atoms with van der Waals surface area (Å²) in [6, 6.07) is 0. The Kier molecular flexibility index (Phi) is 2.83. The maximum Gasteiger partial charge on any atom is 0.305 e. The molecule has 0 saturated heterocycles. The summed E-state index contributed by atoms with van der Waals surface area (Å²) in [5.41, 5.74) is -0.445. The van der Waals surface area contributed by atoms with E-state index in [-0.39, 0.29) is 18.2 Å². The van der Waals surface area contributed by atoms with Crippen molar-refractivity contribution in [3.05, 3.63) is 0 Å². The molecule has 3 aliphatic carbocycles. The van der Waals surface area contributed by atoms with E-state index in [2.05, 4.69) is 5.32 Å². The van der Waals surface area contributed by atoms with Gasteiger partial charge in [0.1, 0.15) is 0 Å². The van der Waals surface area contributed by atoms with Gasteiger partial charge in [0, 0.05) is 5.92 Å². The van der Waals surface area contributed by atoms with Crippen LogP contribution in [-0.2, 0) is 9.59 Å². The van der Waals surface area contributed by atoms with Crippen LogP contribution in [-0.4, -0.2) is 22.5 Å². The van der Waals surface area contributed by atoms with Crippen LogP contribution in [0.2, 0.25) is 0 Å². The van der Waals surface area contributed by atoms with Crippen LogP contribution in [0.1, 0.15) is 51.4 Å². The molecule has 2 N–H and O–H groups in total. The fourth-order valence-corrected chi connectivity index (χ4v) is 4.24.